The van der Waals surface area contributed by atoms with Crippen molar-refractivity contribution in [1.82, 2.24) is 10.7 Å². The molecule has 1 aliphatic heterocycles. The highest BCUT2D eigenvalue weighted by atomic mass is 35.5. The molecule has 6 nitrogen and oxygen atoms in total. The molecule has 3 amide bonds. The van der Waals surface area contributed by atoms with E-state index in [4.69, 9.17) is 11.6 Å². The molecule has 1 unspecified atom stereocenters. The van der Waals surface area contributed by atoms with E-state index in [1.165, 1.54) is 5.01 Å². The lowest BCUT2D eigenvalue weighted by molar-refractivity contribution is -0.130. The number of benzene rings is 2. The molecule has 1 atom stereocenters. The molecule has 2 aromatic carbocycles. The lowest BCUT2D eigenvalue weighted by Gasteiger charge is -2.27. The number of amides is 3. The molecule has 2 aromatic rings. The first-order valence-corrected chi connectivity index (χ1v) is 9.08. The lowest BCUT2D eigenvalue weighted by Crippen LogP contribution is -2.50. The van der Waals surface area contributed by atoms with Crippen molar-refractivity contribution in [3.8, 4) is 0 Å². The largest absolute Gasteiger partial charge is 0.349 e. The van der Waals surface area contributed by atoms with Crippen LogP contribution in [0, 0.1) is 0 Å². The fourth-order valence-electron chi connectivity index (χ4n) is 2.90. The van der Waals surface area contributed by atoms with Crippen molar-refractivity contribution in [1.29, 1.82) is 0 Å². The summed E-state index contributed by atoms with van der Waals surface area (Å²) in [6.07, 6.45) is 0.991. The average molecular weight is 386 g/mol. The van der Waals surface area contributed by atoms with E-state index in [0.29, 0.717) is 22.7 Å². The van der Waals surface area contributed by atoms with Gasteiger partial charge in [0, 0.05) is 29.5 Å². The zero-order valence-corrected chi connectivity index (χ0v) is 15.6. The van der Waals surface area contributed by atoms with Gasteiger partial charge in [0.05, 0.1) is 5.69 Å². The van der Waals surface area contributed by atoms with Gasteiger partial charge < -0.3 is 5.32 Å². The van der Waals surface area contributed by atoms with Crippen molar-refractivity contribution < 1.29 is 14.4 Å². The van der Waals surface area contributed by atoms with E-state index in [-0.39, 0.29) is 36.6 Å². The Hall–Kier alpha value is -2.86. The van der Waals surface area contributed by atoms with Gasteiger partial charge in [-0.05, 0) is 49.2 Å². The van der Waals surface area contributed by atoms with Crippen LogP contribution >= 0.6 is 11.6 Å². The minimum absolute atomic E-state index is 0.0972. The van der Waals surface area contributed by atoms with Crippen LogP contribution in [0.25, 0.3) is 0 Å². The summed E-state index contributed by atoms with van der Waals surface area (Å²) in [6, 6.07) is 14.0. The first kappa shape index (κ1) is 18.9. The number of hydrogen-bond acceptors (Lipinski definition) is 3. The number of hydrogen-bond donors (Lipinski definition) is 2. The van der Waals surface area contributed by atoms with Gasteiger partial charge >= 0.3 is 0 Å². The Morgan fingerprint density at radius 1 is 1.15 bits per heavy atom. The van der Waals surface area contributed by atoms with Crippen molar-refractivity contribution in [2.75, 3.05) is 5.01 Å². The molecule has 2 N–H and O–H groups in total. The van der Waals surface area contributed by atoms with E-state index in [9.17, 15) is 14.4 Å². The summed E-state index contributed by atoms with van der Waals surface area (Å²) < 4.78 is 0. The summed E-state index contributed by atoms with van der Waals surface area (Å²) >= 11 is 6.16. The minimum Gasteiger partial charge on any atom is -0.349 e. The molecular weight excluding hydrogens is 366 g/mol. The second kappa shape index (κ2) is 8.22. The van der Waals surface area contributed by atoms with Gasteiger partial charge in [-0.3, -0.25) is 19.8 Å². The van der Waals surface area contributed by atoms with Crippen LogP contribution in [0.3, 0.4) is 0 Å². The van der Waals surface area contributed by atoms with Gasteiger partial charge in [0.2, 0.25) is 11.8 Å². The standard InChI is InChI=1S/C20H20ClN3O3/c1-13(12-15-4-2-3-5-17(15)21)22-20(27)14-6-8-16(9-7-14)24-19(26)11-10-18(25)23-24/h2-9,13H,10-12H2,1H3,(H,22,27)(H,23,25). The van der Waals surface area contributed by atoms with Gasteiger partial charge in [0.25, 0.3) is 5.91 Å². The molecule has 1 heterocycles. The van der Waals surface area contributed by atoms with E-state index in [2.05, 4.69) is 10.7 Å². The number of rotatable bonds is 5. The first-order chi connectivity index (χ1) is 12.9. The normalized spacial score (nSPS) is 15.3. The third-order valence-corrected chi connectivity index (χ3v) is 4.67. The lowest BCUT2D eigenvalue weighted by atomic mass is 10.1. The summed E-state index contributed by atoms with van der Waals surface area (Å²) in [5, 5.41) is 4.83. The van der Waals surface area contributed by atoms with Gasteiger partial charge in [-0.1, -0.05) is 29.8 Å². The fraction of sp³-hybridized carbons (Fsp3) is 0.250. The van der Waals surface area contributed by atoms with Crippen LogP contribution in [0.5, 0.6) is 0 Å². The number of nitrogens with one attached hydrogen (secondary N) is 2. The van der Waals surface area contributed by atoms with Crippen LogP contribution in [-0.2, 0) is 16.0 Å². The van der Waals surface area contributed by atoms with Crippen molar-refractivity contribution in [2.24, 2.45) is 0 Å². The SMILES string of the molecule is CC(Cc1ccccc1Cl)NC(=O)c1ccc(N2NC(=O)CCC2=O)cc1. The molecule has 3 rings (SSSR count). The number of carbonyl (C=O) groups is 3. The molecule has 7 heteroatoms. The van der Waals surface area contributed by atoms with Crippen LogP contribution in [0.4, 0.5) is 5.69 Å². The number of carbonyl (C=O) groups excluding carboxylic acids is 3. The molecular formula is C20H20ClN3O3. The first-order valence-electron chi connectivity index (χ1n) is 8.71. The van der Waals surface area contributed by atoms with Gasteiger partial charge in [-0.15, -0.1) is 0 Å². The highest BCUT2D eigenvalue weighted by Crippen LogP contribution is 2.19. The number of nitrogens with zero attached hydrogens (tertiary/aromatic N) is 1. The van der Waals surface area contributed by atoms with Gasteiger partial charge in [0.1, 0.15) is 0 Å². The zero-order chi connectivity index (χ0) is 19.4. The Labute approximate surface area is 162 Å². The molecule has 27 heavy (non-hydrogen) atoms. The quantitative estimate of drug-likeness (QED) is 0.830. The van der Waals surface area contributed by atoms with Crippen molar-refractivity contribution in [3.05, 3.63) is 64.7 Å². The maximum Gasteiger partial charge on any atom is 0.251 e. The van der Waals surface area contributed by atoms with Crippen molar-refractivity contribution >= 4 is 35.0 Å². The monoisotopic (exact) mass is 385 g/mol. The second-order valence-corrected chi connectivity index (χ2v) is 6.89. The van der Waals surface area contributed by atoms with Crippen LogP contribution in [0.2, 0.25) is 5.02 Å². The average Bonchev–Trinajstić information content (AvgIpc) is 2.65. The molecule has 0 aliphatic carbocycles. The summed E-state index contributed by atoms with van der Waals surface area (Å²) in [4.78, 5) is 35.9. The Kier molecular flexibility index (Phi) is 5.76. The Morgan fingerprint density at radius 2 is 1.85 bits per heavy atom. The molecule has 1 saturated heterocycles. The Morgan fingerprint density at radius 3 is 2.56 bits per heavy atom. The van der Waals surface area contributed by atoms with Gasteiger partial charge in [0.15, 0.2) is 0 Å². The van der Waals surface area contributed by atoms with E-state index in [0.717, 1.165) is 5.56 Å². The summed E-state index contributed by atoms with van der Waals surface area (Å²) in [5.41, 5.74) is 4.50. The van der Waals surface area contributed by atoms with Crippen LogP contribution in [-0.4, -0.2) is 23.8 Å². The second-order valence-electron chi connectivity index (χ2n) is 6.48. The topological polar surface area (TPSA) is 78.5 Å². The molecule has 0 spiro atoms. The smallest absolute Gasteiger partial charge is 0.251 e. The molecule has 140 valence electrons. The summed E-state index contributed by atoms with van der Waals surface area (Å²) in [5.74, 6) is -0.597. The van der Waals surface area contributed by atoms with E-state index in [1.807, 2.05) is 31.2 Å². The van der Waals surface area contributed by atoms with Crippen molar-refractivity contribution in [2.45, 2.75) is 32.2 Å². The zero-order valence-electron chi connectivity index (χ0n) is 14.9. The third-order valence-electron chi connectivity index (χ3n) is 4.30. The molecule has 1 aliphatic rings. The fourth-order valence-corrected chi connectivity index (χ4v) is 3.11. The predicted molar refractivity (Wildman–Crippen MR) is 103 cm³/mol. The summed E-state index contributed by atoms with van der Waals surface area (Å²) in [6.45, 7) is 1.91. The predicted octanol–water partition coefficient (Wildman–Crippen LogP) is 2.86. The van der Waals surface area contributed by atoms with Crippen molar-refractivity contribution in [3.63, 3.8) is 0 Å². The Bertz CT molecular complexity index is 867. The van der Waals surface area contributed by atoms with E-state index >= 15 is 0 Å². The highest BCUT2D eigenvalue weighted by molar-refractivity contribution is 6.31. The number of hydrazine groups is 1. The summed E-state index contributed by atoms with van der Waals surface area (Å²) in [7, 11) is 0. The molecule has 0 saturated carbocycles. The minimum atomic E-state index is -0.213. The highest BCUT2D eigenvalue weighted by Gasteiger charge is 2.24. The van der Waals surface area contributed by atoms with Gasteiger partial charge in [-0.25, -0.2) is 5.01 Å². The maximum absolute atomic E-state index is 12.4. The van der Waals surface area contributed by atoms with E-state index < -0.39 is 0 Å². The third kappa shape index (κ3) is 4.65. The van der Waals surface area contributed by atoms with Gasteiger partial charge in [-0.2, -0.15) is 0 Å². The van der Waals surface area contributed by atoms with Crippen LogP contribution in [0.15, 0.2) is 48.5 Å². The molecule has 0 radical (unpaired) electrons. The number of anilines is 1. The number of halogens is 1. The molecule has 0 aromatic heterocycles. The van der Waals surface area contributed by atoms with Crippen LogP contribution in [0.1, 0.15) is 35.7 Å². The maximum atomic E-state index is 12.4. The molecule has 0 bridgehead atoms. The van der Waals surface area contributed by atoms with E-state index in [1.54, 1.807) is 24.3 Å². The van der Waals surface area contributed by atoms with Crippen LogP contribution < -0.4 is 15.8 Å². The molecule has 1 fully saturated rings. The Balaban J connectivity index is 1.62.